The molecule has 0 unspecified atom stereocenters. The summed E-state index contributed by atoms with van der Waals surface area (Å²) in [6.45, 7) is 13.5. The molecule has 0 atom stereocenters. The average molecular weight is 619 g/mol. The van der Waals surface area contributed by atoms with Gasteiger partial charge >= 0.3 is 0 Å². The third kappa shape index (κ3) is 5.83. The summed E-state index contributed by atoms with van der Waals surface area (Å²) >= 11 is 0. The number of nitrogens with zero attached hydrogens (tertiary/aromatic N) is 4. The van der Waals surface area contributed by atoms with Gasteiger partial charge in [0.15, 0.2) is 0 Å². The van der Waals surface area contributed by atoms with Gasteiger partial charge in [-0.1, -0.05) is 77.4 Å². The Morgan fingerprint density at radius 1 is 0.745 bits per heavy atom. The molecule has 0 spiro atoms. The molecule has 0 aliphatic rings. The lowest BCUT2D eigenvalue weighted by Crippen LogP contribution is -2.02. The zero-order chi connectivity index (χ0) is 32.7. The molecule has 0 aliphatic heterocycles. The minimum Gasteiger partial charge on any atom is -0.457 e. The van der Waals surface area contributed by atoms with Crippen molar-refractivity contribution in [2.24, 2.45) is 0 Å². The van der Waals surface area contributed by atoms with Crippen LogP contribution < -0.4 is 4.74 Å². The van der Waals surface area contributed by atoms with E-state index in [4.69, 9.17) is 14.8 Å². The van der Waals surface area contributed by atoms with E-state index in [1.807, 2.05) is 41.3 Å². The average Bonchev–Trinajstić information content (AvgIpc) is 3.68. The summed E-state index contributed by atoms with van der Waals surface area (Å²) in [7, 11) is 0. The van der Waals surface area contributed by atoms with Gasteiger partial charge in [0.1, 0.15) is 17.3 Å². The van der Waals surface area contributed by atoms with E-state index in [1.165, 1.54) is 38.6 Å². The Bertz CT molecular complexity index is 2190. The topological polar surface area (TPSA) is 44.9 Å². The third-order valence-corrected chi connectivity index (χ3v) is 9.01. The Morgan fingerprint density at radius 3 is 2.23 bits per heavy atom. The molecule has 0 saturated carbocycles. The van der Waals surface area contributed by atoms with Crippen LogP contribution in [0.1, 0.15) is 75.1 Å². The smallest absolute Gasteiger partial charge is 0.137 e. The second-order valence-corrected chi connectivity index (χ2v) is 13.2. The van der Waals surface area contributed by atoms with Gasteiger partial charge in [-0.05, 0) is 95.5 Å². The maximum Gasteiger partial charge on any atom is 0.137 e. The zero-order valence-electron chi connectivity index (χ0n) is 28.2. The molecule has 236 valence electrons. The summed E-state index contributed by atoms with van der Waals surface area (Å²) in [4.78, 5) is 4.72. The van der Waals surface area contributed by atoms with E-state index < -0.39 is 0 Å². The molecule has 0 N–H and O–H groups in total. The number of fused-ring (bicyclic) bond motifs is 3. The van der Waals surface area contributed by atoms with Crippen LogP contribution in [0, 0.1) is 6.92 Å². The molecule has 7 rings (SSSR count). The maximum absolute atomic E-state index is 6.51. The van der Waals surface area contributed by atoms with Gasteiger partial charge in [-0.3, -0.25) is 4.57 Å². The molecule has 0 amide bonds. The first-order valence-corrected chi connectivity index (χ1v) is 16.8. The van der Waals surface area contributed by atoms with E-state index >= 15 is 0 Å². The normalized spacial score (nSPS) is 11.7. The molecule has 5 heteroatoms. The largest absolute Gasteiger partial charge is 0.457 e. The minimum absolute atomic E-state index is 0.414. The highest BCUT2D eigenvalue weighted by atomic mass is 16.5. The second kappa shape index (κ2) is 12.6. The van der Waals surface area contributed by atoms with Crippen molar-refractivity contribution in [2.45, 2.75) is 66.2 Å². The van der Waals surface area contributed by atoms with E-state index in [1.54, 1.807) is 0 Å². The number of hydrogen-bond acceptors (Lipinski definition) is 3. The van der Waals surface area contributed by atoms with Gasteiger partial charge in [0, 0.05) is 40.9 Å². The Morgan fingerprint density at radius 2 is 1.49 bits per heavy atom. The van der Waals surface area contributed by atoms with Gasteiger partial charge in [-0.2, -0.15) is 5.10 Å². The molecule has 0 fully saturated rings. The van der Waals surface area contributed by atoms with Gasteiger partial charge in [-0.15, -0.1) is 0 Å². The molecule has 3 aromatic heterocycles. The van der Waals surface area contributed by atoms with Crippen molar-refractivity contribution in [1.29, 1.82) is 0 Å². The Kier molecular flexibility index (Phi) is 8.15. The molecule has 0 aliphatic carbocycles. The van der Waals surface area contributed by atoms with Crippen molar-refractivity contribution in [1.82, 2.24) is 19.3 Å². The molecule has 0 saturated heterocycles. The predicted molar refractivity (Wildman–Crippen MR) is 195 cm³/mol. The first-order valence-electron chi connectivity index (χ1n) is 16.8. The van der Waals surface area contributed by atoms with Crippen LogP contribution in [0.4, 0.5) is 0 Å². The van der Waals surface area contributed by atoms with Gasteiger partial charge in [0.2, 0.25) is 0 Å². The van der Waals surface area contributed by atoms with Crippen molar-refractivity contribution >= 4 is 21.8 Å². The summed E-state index contributed by atoms with van der Waals surface area (Å²) in [5.74, 6) is 3.24. The van der Waals surface area contributed by atoms with Crippen LogP contribution in [-0.2, 0) is 6.42 Å². The number of rotatable bonds is 9. The molecular weight excluding hydrogens is 576 g/mol. The minimum atomic E-state index is 0.414. The first kappa shape index (κ1) is 30.5. The lowest BCUT2D eigenvalue weighted by Gasteiger charge is -2.21. The molecule has 4 aromatic carbocycles. The summed E-state index contributed by atoms with van der Waals surface area (Å²) in [6.07, 6.45) is 8.28. The SMILES string of the molecule is CCCc1cc(C(C)C)c(-c2cnn(-c3cccc(Oc4ccc5c6ccccc6n(-c6cc(C)ccn6)c5c4)c3)c2)c(C(C)C)c1. The quantitative estimate of drug-likeness (QED) is 0.162. The van der Waals surface area contributed by atoms with Crippen LogP contribution in [0.5, 0.6) is 11.5 Å². The molecular formula is C42H42N4O. The number of aromatic nitrogens is 4. The van der Waals surface area contributed by atoms with Crippen LogP contribution >= 0.6 is 0 Å². The van der Waals surface area contributed by atoms with E-state index in [-0.39, 0.29) is 0 Å². The fraction of sp³-hybridized carbons (Fsp3) is 0.238. The summed E-state index contributed by atoms with van der Waals surface area (Å²) in [5, 5.41) is 7.19. The molecule has 7 aromatic rings. The van der Waals surface area contributed by atoms with Crippen molar-refractivity contribution < 1.29 is 4.74 Å². The second-order valence-electron chi connectivity index (χ2n) is 13.2. The van der Waals surface area contributed by atoms with Crippen LogP contribution in [0.2, 0.25) is 0 Å². The fourth-order valence-electron chi connectivity index (χ4n) is 6.75. The lowest BCUT2D eigenvalue weighted by molar-refractivity contribution is 0.483. The third-order valence-electron chi connectivity index (χ3n) is 9.01. The summed E-state index contributed by atoms with van der Waals surface area (Å²) in [5.41, 5.74) is 11.0. The highest BCUT2D eigenvalue weighted by Gasteiger charge is 2.19. The molecule has 0 bridgehead atoms. The van der Waals surface area contributed by atoms with Crippen molar-refractivity contribution in [3.8, 4) is 34.1 Å². The standard InChI is InChI=1S/C42H42N4O/c1-7-11-30-21-37(27(2)3)42(38(22-30)28(4)5)31-25-44-45(26-31)32-12-10-13-33(23-32)47-34-16-17-36-35-14-8-9-15-39(35)46(40(36)24-34)41-20-29(6)18-19-43-41/h8-10,12-28H,7,11H2,1-6H3. The number of benzene rings is 4. The summed E-state index contributed by atoms with van der Waals surface area (Å²) < 4.78 is 10.7. The van der Waals surface area contributed by atoms with E-state index in [0.29, 0.717) is 11.8 Å². The van der Waals surface area contributed by atoms with Crippen LogP contribution in [0.25, 0.3) is 44.4 Å². The van der Waals surface area contributed by atoms with Crippen LogP contribution in [-0.4, -0.2) is 19.3 Å². The Labute approximate surface area is 277 Å². The Balaban J connectivity index is 1.24. The van der Waals surface area contributed by atoms with E-state index in [0.717, 1.165) is 52.4 Å². The van der Waals surface area contributed by atoms with E-state index in [9.17, 15) is 0 Å². The van der Waals surface area contributed by atoms with Crippen molar-refractivity contribution in [3.05, 3.63) is 132 Å². The molecule has 3 heterocycles. The van der Waals surface area contributed by atoms with E-state index in [2.05, 4.69) is 119 Å². The fourth-order valence-corrected chi connectivity index (χ4v) is 6.75. The highest BCUT2D eigenvalue weighted by molar-refractivity contribution is 6.09. The molecule has 0 radical (unpaired) electrons. The van der Waals surface area contributed by atoms with Crippen molar-refractivity contribution in [2.75, 3.05) is 0 Å². The zero-order valence-corrected chi connectivity index (χ0v) is 28.2. The van der Waals surface area contributed by atoms with Crippen molar-refractivity contribution in [3.63, 3.8) is 0 Å². The van der Waals surface area contributed by atoms with Gasteiger partial charge in [0.05, 0.1) is 22.9 Å². The van der Waals surface area contributed by atoms with Gasteiger partial charge < -0.3 is 4.74 Å². The molecule has 47 heavy (non-hydrogen) atoms. The van der Waals surface area contributed by atoms with Gasteiger partial charge in [0.25, 0.3) is 0 Å². The number of ether oxygens (including phenoxy) is 1. The highest BCUT2D eigenvalue weighted by Crippen LogP contribution is 2.39. The van der Waals surface area contributed by atoms with Crippen LogP contribution in [0.3, 0.4) is 0 Å². The lowest BCUT2D eigenvalue weighted by atomic mass is 9.83. The number of hydrogen-bond donors (Lipinski definition) is 0. The number of para-hydroxylation sites is 1. The van der Waals surface area contributed by atoms with Gasteiger partial charge in [-0.25, -0.2) is 9.67 Å². The number of pyridine rings is 1. The van der Waals surface area contributed by atoms with Crippen LogP contribution in [0.15, 0.2) is 110 Å². The molecule has 5 nitrogen and oxygen atoms in total. The number of aryl methyl sites for hydroxylation is 2. The Hall–Kier alpha value is -5.16. The first-order chi connectivity index (χ1) is 22.8. The summed E-state index contributed by atoms with van der Waals surface area (Å²) in [6, 6.07) is 31.9. The predicted octanol–water partition coefficient (Wildman–Crippen LogP) is 11.3. The maximum atomic E-state index is 6.51. The monoisotopic (exact) mass is 618 g/mol.